The molecule has 4 nitrogen and oxygen atoms in total. The second-order valence-electron chi connectivity index (χ2n) is 4.26. The summed E-state index contributed by atoms with van der Waals surface area (Å²) in [6.45, 7) is 0.621. The van der Waals surface area contributed by atoms with E-state index in [-0.39, 0.29) is 6.04 Å². The molecule has 0 aliphatic rings. The predicted molar refractivity (Wildman–Crippen MR) is 75.3 cm³/mol. The van der Waals surface area contributed by atoms with Crippen LogP contribution in [-0.2, 0) is 11.8 Å². The maximum Gasteiger partial charge on any atom is 0.203 e. The smallest absolute Gasteiger partial charge is 0.203 e. The second-order valence-corrected chi connectivity index (χ2v) is 4.64. The van der Waals surface area contributed by atoms with Crippen molar-refractivity contribution in [3.8, 4) is 0 Å². The van der Waals surface area contributed by atoms with Gasteiger partial charge in [-0.05, 0) is 18.6 Å². The number of benzene rings is 1. The summed E-state index contributed by atoms with van der Waals surface area (Å²) < 4.78 is 7.23. The number of alkyl halides is 1. The maximum absolute atomic E-state index is 5.79. The fourth-order valence-corrected chi connectivity index (χ4v) is 2.25. The summed E-state index contributed by atoms with van der Waals surface area (Å²) in [6, 6.07) is 8.25. The van der Waals surface area contributed by atoms with E-state index in [9.17, 15) is 0 Å². The quantitative estimate of drug-likeness (QED) is 0.818. The van der Waals surface area contributed by atoms with Crippen molar-refractivity contribution in [2.75, 3.05) is 24.9 Å². The number of methoxy groups -OCH3 is 1. The lowest BCUT2D eigenvalue weighted by Crippen LogP contribution is -2.26. The molecule has 0 aliphatic carbocycles. The maximum atomic E-state index is 5.79. The van der Waals surface area contributed by atoms with Gasteiger partial charge in [0.05, 0.1) is 23.7 Å². The van der Waals surface area contributed by atoms with E-state index < -0.39 is 0 Å². The van der Waals surface area contributed by atoms with Crippen LogP contribution in [0.3, 0.4) is 0 Å². The molecular formula is C13H18ClN3O. The molecular weight excluding hydrogens is 250 g/mol. The highest BCUT2D eigenvalue weighted by Gasteiger charge is 2.12. The number of hydrogen-bond acceptors (Lipinski definition) is 3. The highest BCUT2D eigenvalue weighted by Crippen LogP contribution is 2.18. The number of hydrogen-bond donors (Lipinski definition) is 1. The summed E-state index contributed by atoms with van der Waals surface area (Å²) >= 11 is 5.79. The fraction of sp³-hybridized carbons (Fsp3) is 0.462. The van der Waals surface area contributed by atoms with Gasteiger partial charge in [-0.3, -0.25) is 0 Å². The molecule has 0 saturated carbocycles. The second kappa shape index (κ2) is 6.07. The zero-order valence-electron chi connectivity index (χ0n) is 10.7. The van der Waals surface area contributed by atoms with Gasteiger partial charge in [0.25, 0.3) is 0 Å². The third-order valence-corrected chi connectivity index (χ3v) is 3.16. The first-order valence-corrected chi connectivity index (χ1v) is 6.52. The summed E-state index contributed by atoms with van der Waals surface area (Å²) in [5, 5.41) is 3.38. The summed E-state index contributed by atoms with van der Waals surface area (Å²) in [4.78, 5) is 4.57. The van der Waals surface area contributed by atoms with Crippen molar-refractivity contribution in [2.24, 2.45) is 7.05 Å². The van der Waals surface area contributed by atoms with E-state index in [1.165, 1.54) is 0 Å². The summed E-state index contributed by atoms with van der Waals surface area (Å²) in [6.07, 6.45) is 0.846. The molecule has 0 bridgehead atoms. The Morgan fingerprint density at radius 1 is 1.44 bits per heavy atom. The molecule has 0 radical (unpaired) electrons. The number of imidazole rings is 1. The molecule has 1 aromatic heterocycles. The van der Waals surface area contributed by atoms with Crippen molar-refractivity contribution >= 4 is 28.6 Å². The van der Waals surface area contributed by atoms with Crippen LogP contribution in [-0.4, -0.2) is 35.2 Å². The molecule has 5 heteroatoms. The van der Waals surface area contributed by atoms with Crippen LogP contribution in [0, 0.1) is 0 Å². The Morgan fingerprint density at radius 3 is 2.89 bits per heavy atom. The number of nitrogens with zero attached hydrogens (tertiary/aromatic N) is 2. The minimum atomic E-state index is 0.183. The average Bonchev–Trinajstić information content (AvgIpc) is 2.68. The predicted octanol–water partition coefficient (Wildman–Crippen LogP) is 2.63. The number of rotatable bonds is 6. The van der Waals surface area contributed by atoms with Crippen LogP contribution in [0.4, 0.5) is 5.95 Å². The van der Waals surface area contributed by atoms with E-state index in [1.807, 2.05) is 29.8 Å². The van der Waals surface area contributed by atoms with Crippen LogP contribution in [0.5, 0.6) is 0 Å². The Labute approximate surface area is 112 Å². The minimum Gasteiger partial charge on any atom is -0.383 e. The molecule has 1 aromatic carbocycles. The van der Waals surface area contributed by atoms with Crippen molar-refractivity contribution in [2.45, 2.75) is 12.5 Å². The molecule has 0 spiro atoms. The molecule has 0 aliphatic heterocycles. The normalized spacial score (nSPS) is 12.8. The van der Waals surface area contributed by atoms with E-state index in [2.05, 4.69) is 16.4 Å². The zero-order chi connectivity index (χ0) is 13.0. The Morgan fingerprint density at radius 2 is 2.22 bits per heavy atom. The summed E-state index contributed by atoms with van der Waals surface area (Å²) in [5.74, 6) is 1.45. The van der Waals surface area contributed by atoms with Crippen LogP contribution in [0.2, 0.25) is 0 Å². The number of halogens is 1. The molecule has 18 heavy (non-hydrogen) atoms. The number of ether oxygens (including phenoxy) is 1. The topological polar surface area (TPSA) is 39.1 Å². The Hall–Kier alpha value is -1.26. The van der Waals surface area contributed by atoms with Gasteiger partial charge in [0.2, 0.25) is 5.95 Å². The van der Waals surface area contributed by atoms with Gasteiger partial charge >= 0.3 is 0 Å². The van der Waals surface area contributed by atoms with Crippen molar-refractivity contribution in [3.05, 3.63) is 24.3 Å². The minimum absolute atomic E-state index is 0.183. The lowest BCUT2D eigenvalue weighted by molar-refractivity contribution is 0.184. The number of para-hydroxylation sites is 2. The van der Waals surface area contributed by atoms with Crippen LogP contribution >= 0.6 is 11.6 Å². The van der Waals surface area contributed by atoms with Gasteiger partial charge in [0.1, 0.15) is 0 Å². The number of nitrogens with one attached hydrogen (secondary N) is 1. The van der Waals surface area contributed by atoms with E-state index >= 15 is 0 Å². The number of fused-ring (bicyclic) bond motifs is 1. The van der Waals surface area contributed by atoms with Gasteiger partial charge in [-0.25, -0.2) is 4.98 Å². The third-order valence-electron chi connectivity index (χ3n) is 2.95. The third kappa shape index (κ3) is 2.76. The number of aromatic nitrogens is 2. The Balaban J connectivity index is 2.22. The summed E-state index contributed by atoms with van der Waals surface area (Å²) in [5.41, 5.74) is 2.10. The van der Waals surface area contributed by atoms with Gasteiger partial charge in [-0.1, -0.05) is 12.1 Å². The van der Waals surface area contributed by atoms with Crippen molar-refractivity contribution in [3.63, 3.8) is 0 Å². The van der Waals surface area contributed by atoms with Gasteiger partial charge in [-0.2, -0.15) is 0 Å². The monoisotopic (exact) mass is 267 g/mol. The van der Waals surface area contributed by atoms with Crippen molar-refractivity contribution < 1.29 is 4.74 Å². The van der Waals surface area contributed by atoms with Crippen LogP contribution in [0.25, 0.3) is 11.0 Å². The Kier molecular flexibility index (Phi) is 4.44. The standard InChI is InChI=1S/C13H18ClN3O/c1-17-12-6-4-3-5-11(12)16-13(17)15-10(7-8-14)9-18-2/h3-6,10H,7-9H2,1-2H3,(H,15,16). The highest BCUT2D eigenvalue weighted by atomic mass is 35.5. The molecule has 1 atom stereocenters. The van der Waals surface area contributed by atoms with E-state index in [0.29, 0.717) is 12.5 Å². The van der Waals surface area contributed by atoms with Gasteiger partial charge in [0.15, 0.2) is 0 Å². The van der Waals surface area contributed by atoms with Crippen molar-refractivity contribution in [1.29, 1.82) is 0 Å². The first-order valence-electron chi connectivity index (χ1n) is 5.99. The van der Waals surface area contributed by atoms with Crippen molar-refractivity contribution in [1.82, 2.24) is 9.55 Å². The van der Waals surface area contributed by atoms with Gasteiger partial charge in [-0.15, -0.1) is 11.6 Å². The fourth-order valence-electron chi connectivity index (χ4n) is 1.99. The average molecular weight is 268 g/mol. The molecule has 1 heterocycles. The molecule has 2 rings (SSSR count). The first-order chi connectivity index (χ1) is 8.76. The number of anilines is 1. The van der Waals surface area contributed by atoms with Crippen LogP contribution < -0.4 is 5.32 Å². The molecule has 0 fully saturated rings. The largest absolute Gasteiger partial charge is 0.383 e. The molecule has 1 unspecified atom stereocenters. The Bertz CT molecular complexity index is 506. The van der Waals surface area contributed by atoms with E-state index in [0.717, 1.165) is 23.4 Å². The van der Waals surface area contributed by atoms with Gasteiger partial charge < -0.3 is 14.6 Å². The molecule has 1 N–H and O–H groups in total. The lowest BCUT2D eigenvalue weighted by atomic mass is 10.2. The lowest BCUT2D eigenvalue weighted by Gasteiger charge is -2.17. The van der Waals surface area contributed by atoms with Gasteiger partial charge in [0, 0.05) is 20.0 Å². The van der Waals surface area contributed by atoms with E-state index in [4.69, 9.17) is 16.3 Å². The zero-order valence-corrected chi connectivity index (χ0v) is 11.4. The molecule has 2 aromatic rings. The molecule has 98 valence electrons. The van der Waals surface area contributed by atoms with Crippen LogP contribution in [0.1, 0.15) is 6.42 Å². The SMILES string of the molecule is COCC(CCCl)Nc1nc2ccccc2n1C. The molecule has 0 saturated heterocycles. The number of aryl methyl sites for hydroxylation is 1. The van der Waals surface area contributed by atoms with Crippen LogP contribution in [0.15, 0.2) is 24.3 Å². The highest BCUT2D eigenvalue weighted by molar-refractivity contribution is 6.17. The molecule has 0 amide bonds. The summed E-state index contributed by atoms with van der Waals surface area (Å²) in [7, 11) is 3.69. The first kappa shape index (κ1) is 13.2. The van der Waals surface area contributed by atoms with E-state index in [1.54, 1.807) is 7.11 Å².